The number of hydrogen-bond acceptors (Lipinski definition) is 9. The molecule has 2 rings (SSSR count). The van der Waals surface area contributed by atoms with Gasteiger partial charge in [0.25, 0.3) is 0 Å². The standard InChI is InChI=1S/C23H38O9/c1-9-20-22(8,30-18(7)26)11-23(31-20,12-28-17(6)25)32-21-15(4)13(2)14(3)19(29-21)10-27-16(5)24/h13-15,19-21H,9-12H2,1-8H3/t13-,14-,15?,19?,20+,21+,22?,23+/m0/s1. The first kappa shape index (κ1) is 26.5. The Morgan fingerprint density at radius 1 is 0.938 bits per heavy atom. The molecule has 2 fully saturated rings. The third-order valence-corrected chi connectivity index (χ3v) is 6.67. The van der Waals surface area contributed by atoms with E-state index in [2.05, 4.69) is 13.8 Å². The predicted molar refractivity (Wildman–Crippen MR) is 113 cm³/mol. The molecule has 0 aromatic heterocycles. The summed E-state index contributed by atoms with van der Waals surface area (Å²) >= 11 is 0. The normalized spacial score (nSPS) is 39.4. The van der Waals surface area contributed by atoms with E-state index in [0.29, 0.717) is 6.42 Å². The molecule has 0 N–H and O–H groups in total. The van der Waals surface area contributed by atoms with Gasteiger partial charge in [-0.3, -0.25) is 14.4 Å². The van der Waals surface area contributed by atoms with Crippen molar-refractivity contribution in [3.63, 3.8) is 0 Å². The quantitative estimate of drug-likeness (QED) is 0.401. The van der Waals surface area contributed by atoms with E-state index in [1.807, 2.05) is 13.8 Å². The van der Waals surface area contributed by atoms with Crippen LogP contribution in [0.3, 0.4) is 0 Å². The Labute approximate surface area is 190 Å². The molecule has 0 aromatic rings. The highest BCUT2D eigenvalue weighted by molar-refractivity contribution is 5.67. The highest BCUT2D eigenvalue weighted by atomic mass is 16.8. The van der Waals surface area contributed by atoms with E-state index >= 15 is 0 Å². The monoisotopic (exact) mass is 458 g/mol. The van der Waals surface area contributed by atoms with Crippen LogP contribution in [-0.4, -0.2) is 61.0 Å². The van der Waals surface area contributed by atoms with E-state index in [0.717, 1.165) is 0 Å². The molecular weight excluding hydrogens is 420 g/mol. The summed E-state index contributed by atoms with van der Waals surface area (Å²) in [5.74, 6) is -2.31. The van der Waals surface area contributed by atoms with Crippen molar-refractivity contribution < 1.29 is 42.8 Å². The first-order valence-corrected chi connectivity index (χ1v) is 11.3. The van der Waals surface area contributed by atoms with Crippen molar-refractivity contribution in [1.29, 1.82) is 0 Å². The Bertz CT molecular complexity index is 695. The number of carbonyl (C=O) groups excluding carboxylic acids is 3. The van der Waals surface area contributed by atoms with Gasteiger partial charge in [0.2, 0.25) is 5.79 Å². The largest absolute Gasteiger partial charge is 0.463 e. The molecule has 0 spiro atoms. The average molecular weight is 459 g/mol. The molecule has 0 radical (unpaired) electrons. The number of ether oxygens (including phenoxy) is 6. The Morgan fingerprint density at radius 2 is 1.56 bits per heavy atom. The zero-order valence-corrected chi connectivity index (χ0v) is 20.5. The lowest BCUT2D eigenvalue weighted by molar-refractivity contribution is -0.353. The second-order valence-corrected chi connectivity index (χ2v) is 9.33. The van der Waals surface area contributed by atoms with E-state index < -0.39 is 35.7 Å². The third-order valence-electron chi connectivity index (χ3n) is 6.67. The van der Waals surface area contributed by atoms with Crippen molar-refractivity contribution in [2.45, 2.75) is 98.1 Å². The summed E-state index contributed by atoms with van der Waals surface area (Å²) < 4.78 is 35.0. The lowest BCUT2D eigenvalue weighted by atomic mass is 9.79. The van der Waals surface area contributed by atoms with Crippen LogP contribution in [-0.2, 0) is 42.8 Å². The van der Waals surface area contributed by atoms with Crippen molar-refractivity contribution in [3.05, 3.63) is 0 Å². The summed E-state index contributed by atoms with van der Waals surface area (Å²) in [6.45, 7) is 13.9. The number of esters is 3. The molecule has 0 saturated carbocycles. The van der Waals surface area contributed by atoms with Crippen LogP contribution in [0.4, 0.5) is 0 Å². The molecule has 2 aliphatic rings. The lowest BCUT2D eigenvalue weighted by Gasteiger charge is -2.45. The second-order valence-electron chi connectivity index (χ2n) is 9.33. The molecule has 0 bridgehead atoms. The maximum atomic E-state index is 11.8. The molecule has 0 aromatic carbocycles. The molecule has 2 saturated heterocycles. The molecular formula is C23H38O9. The van der Waals surface area contributed by atoms with E-state index in [4.69, 9.17) is 28.4 Å². The Morgan fingerprint density at radius 3 is 2.09 bits per heavy atom. The van der Waals surface area contributed by atoms with Gasteiger partial charge in [-0.25, -0.2) is 0 Å². The molecule has 2 heterocycles. The molecule has 9 nitrogen and oxygen atoms in total. The van der Waals surface area contributed by atoms with Crippen LogP contribution in [0.25, 0.3) is 0 Å². The summed E-state index contributed by atoms with van der Waals surface area (Å²) in [6, 6.07) is 0. The first-order chi connectivity index (χ1) is 14.8. The summed E-state index contributed by atoms with van der Waals surface area (Å²) in [7, 11) is 0. The molecule has 184 valence electrons. The predicted octanol–water partition coefficient (Wildman–Crippen LogP) is 2.98. The van der Waals surface area contributed by atoms with E-state index in [1.54, 1.807) is 6.92 Å². The molecule has 0 amide bonds. The lowest BCUT2D eigenvalue weighted by Crippen LogP contribution is -2.52. The summed E-state index contributed by atoms with van der Waals surface area (Å²) in [5.41, 5.74) is -0.950. The topological polar surface area (TPSA) is 107 Å². The zero-order valence-electron chi connectivity index (χ0n) is 20.5. The van der Waals surface area contributed by atoms with E-state index in [9.17, 15) is 14.4 Å². The summed E-state index contributed by atoms with van der Waals surface area (Å²) in [6.07, 6.45) is -0.762. The van der Waals surface area contributed by atoms with E-state index in [1.165, 1.54) is 20.8 Å². The van der Waals surface area contributed by atoms with Gasteiger partial charge in [0.1, 0.15) is 24.9 Å². The van der Waals surface area contributed by atoms with Gasteiger partial charge in [-0.15, -0.1) is 0 Å². The van der Waals surface area contributed by atoms with Crippen LogP contribution in [0.1, 0.15) is 68.2 Å². The van der Waals surface area contributed by atoms with Gasteiger partial charge in [-0.2, -0.15) is 0 Å². The minimum atomic E-state index is -1.35. The van der Waals surface area contributed by atoms with E-state index in [-0.39, 0.29) is 49.5 Å². The molecule has 2 aliphatic heterocycles. The molecule has 3 unspecified atom stereocenters. The van der Waals surface area contributed by atoms with Gasteiger partial charge in [0, 0.05) is 33.1 Å². The van der Waals surface area contributed by atoms with Crippen LogP contribution < -0.4 is 0 Å². The fourth-order valence-corrected chi connectivity index (χ4v) is 4.64. The number of hydrogen-bond donors (Lipinski definition) is 0. The zero-order chi connectivity index (χ0) is 24.3. The van der Waals surface area contributed by atoms with Crippen LogP contribution >= 0.6 is 0 Å². The fraction of sp³-hybridized carbons (Fsp3) is 0.870. The second kappa shape index (κ2) is 10.5. The Balaban J connectivity index is 2.29. The van der Waals surface area contributed by atoms with Crippen LogP contribution in [0.2, 0.25) is 0 Å². The van der Waals surface area contributed by atoms with Crippen LogP contribution in [0.5, 0.6) is 0 Å². The van der Waals surface area contributed by atoms with Gasteiger partial charge in [0.15, 0.2) is 6.29 Å². The van der Waals surface area contributed by atoms with Gasteiger partial charge >= 0.3 is 17.9 Å². The van der Waals surface area contributed by atoms with Gasteiger partial charge < -0.3 is 28.4 Å². The summed E-state index contributed by atoms with van der Waals surface area (Å²) in [5, 5.41) is 0. The SMILES string of the molecule is CC[C@H]1O[C@@](COC(C)=O)(O[C@H]2OC(COC(C)=O)[C@@H](C)[C@H](C)C2C)CC1(C)OC(C)=O. The average Bonchev–Trinajstić information content (AvgIpc) is 2.96. The van der Waals surface area contributed by atoms with Crippen molar-refractivity contribution in [3.8, 4) is 0 Å². The fourth-order valence-electron chi connectivity index (χ4n) is 4.64. The van der Waals surface area contributed by atoms with Crippen molar-refractivity contribution in [2.75, 3.05) is 13.2 Å². The van der Waals surface area contributed by atoms with Gasteiger partial charge in [-0.1, -0.05) is 27.7 Å². The molecule has 9 heteroatoms. The molecule has 8 atom stereocenters. The third kappa shape index (κ3) is 6.20. The maximum absolute atomic E-state index is 11.8. The minimum absolute atomic E-state index is 0.0166. The van der Waals surface area contributed by atoms with Crippen molar-refractivity contribution >= 4 is 17.9 Å². The van der Waals surface area contributed by atoms with Crippen LogP contribution in [0.15, 0.2) is 0 Å². The smallest absolute Gasteiger partial charge is 0.303 e. The molecule has 32 heavy (non-hydrogen) atoms. The maximum Gasteiger partial charge on any atom is 0.303 e. The van der Waals surface area contributed by atoms with Crippen molar-refractivity contribution in [1.82, 2.24) is 0 Å². The summed E-state index contributed by atoms with van der Waals surface area (Å²) in [4.78, 5) is 34.7. The minimum Gasteiger partial charge on any atom is -0.463 e. The highest BCUT2D eigenvalue weighted by Crippen LogP contribution is 2.46. The first-order valence-electron chi connectivity index (χ1n) is 11.3. The van der Waals surface area contributed by atoms with Crippen LogP contribution in [0, 0.1) is 17.8 Å². The number of rotatable bonds is 8. The number of carbonyl (C=O) groups is 3. The van der Waals surface area contributed by atoms with Gasteiger partial charge in [-0.05, 0) is 25.2 Å². The molecule has 0 aliphatic carbocycles. The Hall–Kier alpha value is -1.71. The Kier molecular flexibility index (Phi) is 8.69. The van der Waals surface area contributed by atoms with Gasteiger partial charge in [0.05, 0.1) is 6.10 Å². The highest BCUT2D eigenvalue weighted by Gasteiger charge is 2.58. The van der Waals surface area contributed by atoms with Crippen molar-refractivity contribution in [2.24, 2.45) is 17.8 Å².